The highest BCUT2D eigenvalue weighted by atomic mass is 35.5. The lowest BCUT2D eigenvalue weighted by molar-refractivity contribution is 0.0902. The van der Waals surface area contributed by atoms with Crippen LogP contribution in [0, 0.1) is 5.82 Å². The van der Waals surface area contributed by atoms with E-state index in [0.29, 0.717) is 22.7 Å². The summed E-state index contributed by atoms with van der Waals surface area (Å²) in [5.41, 5.74) is 7.10. The van der Waals surface area contributed by atoms with Crippen LogP contribution in [0.25, 0.3) is 11.1 Å². The summed E-state index contributed by atoms with van der Waals surface area (Å²) < 4.78 is 18.5. The molecule has 25 heavy (non-hydrogen) atoms. The molecule has 0 saturated carbocycles. The van der Waals surface area contributed by atoms with Crippen LogP contribution in [0.3, 0.4) is 0 Å². The lowest BCUT2D eigenvalue weighted by Gasteiger charge is -2.08. The summed E-state index contributed by atoms with van der Waals surface area (Å²) in [5.74, 6) is -1.75. The predicted molar refractivity (Wildman–Crippen MR) is 90.5 cm³/mol. The zero-order valence-corrected chi connectivity index (χ0v) is 13.6. The molecule has 3 aromatic rings. The van der Waals surface area contributed by atoms with Crippen LogP contribution in [0.4, 0.5) is 4.39 Å². The Morgan fingerprint density at radius 3 is 2.64 bits per heavy atom. The van der Waals surface area contributed by atoms with Crippen molar-refractivity contribution in [2.75, 3.05) is 0 Å². The van der Waals surface area contributed by atoms with Crippen molar-refractivity contribution in [3.8, 4) is 11.1 Å². The molecule has 0 atom stereocenters. The zero-order valence-electron chi connectivity index (χ0n) is 12.8. The normalized spacial score (nSPS) is 10.6. The molecule has 0 aliphatic carbocycles. The smallest absolute Gasteiger partial charge is 0.403 e. The molecule has 8 heteroatoms. The number of aromatic nitrogens is 1. The van der Waals surface area contributed by atoms with Gasteiger partial charge in [-0.2, -0.15) is 0 Å². The van der Waals surface area contributed by atoms with Crippen LogP contribution in [-0.4, -0.2) is 10.9 Å². The van der Waals surface area contributed by atoms with E-state index < -0.39 is 11.7 Å². The number of rotatable bonds is 5. The molecular formula is C17H13ClFN3O3. The van der Waals surface area contributed by atoms with Crippen LogP contribution in [-0.2, 0) is 6.54 Å². The molecule has 0 spiro atoms. The summed E-state index contributed by atoms with van der Waals surface area (Å²) in [5, 5.41) is 0.460. The Bertz CT molecular complexity index is 950. The number of aromatic amines is 1. The minimum atomic E-state index is -0.700. The van der Waals surface area contributed by atoms with Crippen molar-refractivity contribution in [1.82, 2.24) is 15.8 Å². The van der Waals surface area contributed by atoms with Crippen LogP contribution in [0.1, 0.15) is 16.1 Å². The summed E-state index contributed by atoms with van der Waals surface area (Å²) in [4.78, 5) is 24.7. The molecule has 0 aliphatic heterocycles. The highest BCUT2D eigenvalue weighted by Gasteiger charge is 2.10. The number of benzene rings is 2. The molecule has 6 nitrogen and oxygen atoms in total. The Morgan fingerprint density at radius 1 is 1.20 bits per heavy atom. The lowest BCUT2D eigenvalue weighted by Crippen LogP contribution is -2.36. The van der Waals surface area contributed by atoms with E-state index in [0.717, 1.165) is 5.56 Å². The molecule has 128 valence electrons. The van der Waals surface area contributed by atoms with E-state index in [-0.39, 0.29) is 11.6 Å². The first-order valence-corrected chi connectivity index (χ1v) is 7.67. The van der Waals surface area contributed by atoms with Gasteiger partial charge in [0.2, 0.25) is 5.76 Å². The quantitative estimate of drug-likeness (QED) is 0.610. The summed E-state index contributed by atoms with van der Waals surface area (Å²) in [7, 11) is 0. The van der Waals surface area contributed by atoms with Crippen molar-refractivity contribution in [1.29, 1.82) is 0 Å². The second-order valence-electron chi connectivity index (χ2n) is 5.17. The van der Waals surface area contributed by atoms with Crippen molar-refractivity contribution >= 4 is 17.5 Å². The van der Waals surface area contributed by atoms with Gasteiger partial charge in [0.05, 0.1) is 6.20 Å². The molecular weight excluding hydrogens is 349 g/mol. The molecule has 0 aliphatic rings. The second-order valence-corrected chi connectivity index (χ2v) is 5.61. The maximum atomic E-state index is 13.9. The van der Waals surface area contributed by atoms with Gasteiger partial charge in [0.15, 0.2) is 0 Å². The molecule has 0 unspecified atom stereocenters. The van der Waals surface area contributed by atoms with Gasteiger partial charge < -0.3 is 4.42 Å². The van der Waals surface area contributed by atoms with Crippen LogP contribution in [0.5, 0.6) is 0 Å². The number of amides is 1. The van der Waals surface area contributed by atoms with E-state index in [9.17, 15) is 14.0 Å². The largest absolute Gasteiger partial charge is 0.416 e. The first-order chi connectivity index (χ1) is 12.0. The maximum Gasteiger partial charge on any atom is 0.416 e. The van der Waals surface area contributed by atoms with Gasteiger partial charge in [-0.1, -0.05) is 35.9 Å². The number of halogens is 2. The second kappa shape index (κ2) is 7.33. The molecule has 3 N–H and O–H groups in total. The fourth-order valence-corrected chi connectivity index (χ4v) is 2.38. The average Bonchev–Trinajstić information content (AvgIpc) is 3.04. The van der Waals surface area contributed by atoms with E-state index in [2.05, 4.69) is 20.3 Å². The van der Waals surface area contributed by atoms with Gasteiger partial charge >= 0.3 is 11.7 Å². The van der Waals surface area contributed by atoms with E-state index in [1.807, 2.05) is 0 Å². The van der Waals surface area contributed by atoms with Gasteiger partial charge in [-0.3, -0.25) is 15.2 Å². The first-order valence-electron chi connectivity index (χ1n) is 7.29. The number of H-pyrrole nitrogens is 1. The summed E-state index contributed by atoms with van der Waals surface area (Å²) in [6, 6.07) is 11.5. The number of hydrogen-bond acceptors (Lipinski definition) is 4. The predicted octanol–water partition coefficient (Wildman–Crippen LogP) is 2.86. The monoisotopic (exact) mass is 361 g/mol. The fraction of sp³-hybridized carbons (Fsp3) is 0.0588. The van der Waals surface area contributed by atoms with Crippen molar-refractivity contribution in [2.24, 2.45) is 0 Å². The average molecular weight is 362 g/mol. The van der Waals surface area contributed by atoms with Crippen LogP contribution >= 0.6 is 11.6 Å². The molecule has 0 saturated heterocycles. The third kappa shape index (κ3) is 4.14. The minimum Gasteiger partial charge on any atom is -0.403 e. The van der Waals surface area contributed by atoms with Gasteiger partial charge in [-0.05, 0) is 29.3 Å². The topological polar surface area (TPSA) is 87.1 Å². The van der Waals surface area contributed by atoms with E-state index in [1.165, 1.54) is 18.3 Å². The fourth-order valence-electron chi connectivity index (χ4n) is 2.20. The lowest BCUT2D eigenvalue weighted by atomic mass is 10.0. The van der Waals surface area contributed by atoms with Crippen molar-refractivity contribution in [2.45, 2.75) is 6.54 Å². The Kier molecular flexibility index (Phi) is 4.97. The van der Waals surface area contributed by atoms with E-state index in [1.54, 1.807) is 30.3 Å². The molecule has 2 aromatic carbocycles. The highest BCUT2D eigenvalue weighted by Crippen LogP contribution is 2.26. The van der Waals surface area contributed by atoms with E-state index in [4.69, 9.17) is 11.6 Å². The Morgan fingerprint density at radius 2 is 1.96 bits per heavy atom. The van der Waals surface area contributed by atoms with Crippen molar-refractivity contribution < 1.29 is 13.6 Å². The maximum absolute atomic E-state index is 13.9. The summed E-state index contributed by atoms with van der Waals surface area (Å²) >= 11 is 5.90. The molecule has 1 aromatic heterocycles. The molecule has 1 heterocycles. The number of oxazole rings is 1. The Hall–Kier alpha value is -2.90. The highest BCUT2D eigenvalue weighted by molar-refractivity contribution is 6.30. The molecule has 3 rings (SSSR count). The number of hydrogen-bond donors (Lipinski definition) is 3. The molecule has 0 radical (unpaired) electrons. The van der Waals surface area contributed by atoms with Crippen LogP contribution < -0.4 is 16.6 Å². The SMILES string of the molecule is O=C(NNCc1ccc(-c2cc(Cl)ccc2F)cc1)c1c[nH]c(=O)o1. The number of hydrazine groups is 1. The molecule has 1 amide bonds. The standard InChI is InChI=1S/C17H13ClFN3O3/c18-12-5-6-14(19)13(7-12)11-3-1-10(2-4-11)8-21-22-16(23)15-9-20-17(24)25-15/h1-7,9,21H,8H2,(H,20,24)(H,22,23). The number of carbonyl (C=O) groups excluding carboxylic acids is 1. The van der Waals surface area contributed by atoms with E-state index >= 15 is 0 Å². The van der Waals surface area contributed by atoms with Gasteiger partial charge in [-0.15, -0.1) is 0 Å². The van der Waals surface area contributed by atoms with Crippen molar-refractivity contribution in [3.63, 3.8) is 0 Å². The zero-order chi connectivity index (χ0) is 17.8. The van der Waals surface area contributed by atoms with Gasteiger partial charge in [0.1, 0.15) is 5.82 Å². The molecule has 0 bridgehead atoms. The Balaban J connectivity index is 1.60. The molecule has 0 fully saturated rings. The summed E-state index contributed by atoms with van der Waals surface area (Å²) in [6.45, 7) is 0.332. The van der Waals surface area contributed by atoms with Gasteiger partial charge in [0, 0.05) is 17.1 Å². The third-order valence-electron chi connectivity index (χ3n) is 3.44. The van der Waals surface area contributed by atoms with Crippen LogP contribution in [0.15, 0.2) is 57.9 Å². The van der Waals surface area contributed by atoms with Crippen LogP contribution in [0.2, 0.25) is 5.02 Å². The number of carbonyl (C=O) groups is 1. The Labute approximate surface area is 146 Å². The van der Waals surface area contributed by atoms with Gasteiger partial charge in [-0.25, -0.2) is 14.6 Å². The first kappa shape index (κ1) is 16.9. The van der Waals surface area contributed by atoms with Gasteiger partial charge in [0.25, 0.3) is 0 Å². The van der Waals surface area contributed by atoms with Crippen molar-refractivity contribution in [3.05, 3.63) is 81.4 Å². The minimum absolute atomic E-state index is 0.121. The third-order valence-corrected chi connectivity index (χ3v) is 3.67. The number of nitrogens with one attached hydrogen (secondary N) is 3. The summed E-state index contributed by atoms with van der Waals surface area (Å²) in [6.07, 6.45) is 1.17.